The molecule has 0 atom stereocenters. The Morgan fingerprint density at radius 1 is 1.00 bits per heavy atom. The first-order chi connectivity index (χ1) is 12.7. The first-order valence-electron chi connectivity index (χ1n) is 9.29. The van der Waals surface area contributed by atoms with Crippen molar-refractivity contribution in [3.63, 3.8) is 0 Å². The van der Waals surface area contributed by atoms with Crippen LogP contribution in [-0.2, 0) is 6.42 Å². The van der Waals surface area contributed by atoms with Crippen molar-refractivity contribution in [1.82, 2.24) is 9.80 Å². The highest BCUT2D eigenvalue weighted by Gasteiger charge is 2.20. The molecule has 0 spiro atoms. The van der Waals surface area contributed by atoms with Crippen molar-refractivity contribution in [3.8, 4) is 5.75 Å². The lowest BCUT2D eigenvalue weighted by atomic mass is 10.1. The average Bonchev–Trinajstić information content (AvgIpc) is 2.69. The number of hydrogen-bond donors (Lipinski definition) is 1. The molecule has 3 rings (SSSR count). The third-order valence-electron chi connectivity index (χ3n) is 4.64. The maximum absolute atomic E-state index is 12.4. The molecule has 0 aliphatic carbocycles. The van der Waals surface area contributed by atoms with Gasteiger partial charge in [0.2, 0.25) is 0 Å². The molecule has 2 aromatic rings. The van der Waals surface area contributed by atoms with Crippen molar-refractivity contribution in [2.24, 2.45) is 0 Å². The minimum absolute atomic E-state index is 0.0307. The molecule has 0 unspecified atom stereocenters. The lowest BCUT2D eigenvalue weighted by Crippen LogP contribution is -2.50. The molecule has 1 saturated heterocycles. The molecule has 0 saturated carbocycles. The largest absolute Gasteiger partial charge is 0.494 e. The zero-order chi connectivity index (χ0) is 18.2. The smallest absolute Gasteiger partial charge is 0.321 e. The van der Waals surface area contributed by atoms with Crippen LogP contribution in [-0.4, -0.2) is 55.2 Å². The number of hydrogen-bond acceptors (Lipinski definition) is 3. The molecular weight excluding hydrogens is 326 g/mol. The highest BCUT2D eigenvalue weighted by Crippen LogP contribution is 2.16. The lowest BCUT2D eigenvalue weighted by Gasteiger charge is -2.34. The van der Waals surface area contributed by atoms with Crippen molar-refractivity contribution in [3.05, 3.63) is 60.2 Å². The second-order valence-corrected chi connectivity index (χ2v) is 6.45. The van der Waals surface area contributed by atoms with E-state index in [0.717, 1.165) is 50.6 Å². The summed E-state index contributed by atoms with van der Waals surface area (Å²) in [7, 11) is 0. The third-order valence-corrected chi connectivity index (χ3v) is 4.64. The van der Waals surface area contributed by atoms with E-state index < -0.39 is 0 Å². The molecule has 1 aliphatic heterocycles. The topological polar surface area (TPSA) is 44.8 Å². The van der Waals surface area contributed by atoms with Gasteiger partial charge in [-0.15, -0.1) is 0 Å². The quantitative estimate of drug-likeness (QED) is 0.865. The number of carbonyl (C=O) groups is 1. The number of rotatable bonds is 6. The van der Waals surface area contributed by atoms with Crippen LogP contribution in [0.2, 0.25) is 0 Å². The Bertz CT molecular complexity index is 680. The summed E-state index contributed by atoms with van der Waals surface area (Å²) in [5.41, 5.74) is 2.16. The monoisotopic (exact) mass is 353 g/mol. The minimum atomic E-state index is -0.0307. The number of anilines is 1. The summed E-state index contributed by atoms with van der Waals surface area (Å²) < 4.78 is 5.42. The number of urea groups is 1. The second-order valence-electron chi connectivity index (χ2n) is 6.45. The molecule has 26 heavy (non-hydrogen) atoms. The van der Waals surface area contributed by atoms with Crippen LogP contribution in [0.3, 0.4) is 0 Å². The number of benzene rings is 2. The van der Waals surface area contributed by atoms with Gasteiger partial charge in [-0.2, -0.15) is 0 Å². The standard InChI is InChI=1S/C21H27N3O2/c1-2-26-20-10-8-19(9-11-20)22-21(25)24-16-14-23(15-17-24)13-12-18-6-4-3-5-7-18/h3-11H,2,12-17H2,1H3,(H,22,25). The van der Waals surface area contributed by atoms with Crippen LogP contribution in [0.1, 0.15) is 12.5 Å². The van der Waals surface area contributed by atoms with Crippen LogP contribution in [0.4, 0.5) is 10.5 Å². The molecule has 0 bridgehead atoms. The fourth-order valence-corrected chi connectivity index (χ4v) is 3.11. The highest BCUT2D eigenvalue weighted by molar-refractivity contribution is 5.89. The van der Waals surface area contributed by atoms with Gasteiger partial charge >= 0.3 is 6.03 Å². The molecule has 2 aromatic carbocycles. The van der Waals surface area contributed by atoms with Crippen molar-refractivity contribution in [2.75, 3.05) is 44.6 Å². The normalized spacial score (nSPS) is 14.9. The predicted molar refractivity (Wildman–Crippen MR) is 105 cm³/mol. The third kappa shape index (κ3) is 5.23. The highest BCUT2D eigenvalue weighted by atomic mass is 16.5. The van der Waals surface area contributed by atoms with Gasteiger partial charge in [0, 0.05) is 38.4 Å². The maximum atomic E-state index is 12.4. The minimum Gasteiger partial charge on any atom is -0.494 e. The van der Waals surface area contributed by atoms with Crippen LogP contribution in [0.5, 0.6) is 5.75 Å². The molecule has 2 amide bonds. The van der Waals surface area contributed by atoms with Gasteiger partial charge in [-0.3, -0.25) is 4.90 Å². The summed E-state index contributed by atoms with van der Waals surface area (Å²) in [5.74, 6) is 0.817. The fourth-order valence-electron chi connectivity index (χ4n) is 3.11. The first kappa shape index (κ1) is 18.3. The van der Waals surface area contributed by atoms with E-state index in [1.165, 1.54) is 5.56 Å². The van der Waals surface area contributed by atoms with E-state index in [1.807, 2.05) is 42.2 Å². The Labute approximate surface area is 155 Å². The average molecular weight is 353 g/mol. The summed E-state index contributed by atoms with van der Waals surface area (Å²) in [4.78, 5) is 16.7. The van der Waals surface area contributed by atoms with Gasteiger partial charge in [-0.05, 0) is 43.2 Å². The molecular formula is C21H27N3O2. The first-order valence-corrected chi connectivity index (χ1v) is 9.29. The van der Waals surface area contributed by atoms with Crippen LogP contribution >= 0.6 is 0 Å². The van der Waals surface area contributed by atoms with E-state index in [0.29, 0.717) is 6.61 Å². The Morgan fingerprint density at radius 3 is 2.35 bits per heavy atom. The molecule has 1 aliphatic rings. The Hall–Kier alpha value is -2.53. The maximum Gasteiger partial charge on any atom is 0.321 e. The fraction of sp³-hybridized carbons (Fsp3) is 0.381. The van der Waals surface area contributed by atoms with E-state index in [-0.39, 0.29) is 6.03 Å². The van der Waals surface area contributed by atoms with E-state index >= 15 is 0 Å². The molecule has 1 fully saturated rings. The number of amides is 2. The van der Waals surface area contributed by atoms with E-state index in [4.69, 9.17) is 4.74 Å². The zero-order valence-electron chi connectivity index (χ0n) is 15.4. The van der Waals surface area contributed by atoms with E-state index in [9.17, 15) is 4.79 Å². The van der Waals surface area contributed by atoms with Crippen molar-refractivity contribution >= 4 is 11.7 Å². The summed E-state index contributed by atoms with van der Waals surface area (Å²) >= 11 is 0. The van der Waals surface area contributed by atoms with Gasteiger partial charge in [0.05, 0.1) is 6.61 Å². The molecule has 1 N–H and O–H groups in total. The van der Waals surface area contributed by atoms with Gasteiger partial charge < -0.3 is 15.0 Å². The summed E-state index contributed by atoms with van der Waals surface area (Å²) in [6.07, 6.45) is 1.05. The summed E-state index contributed by atoms with van der Waals surface area (Å²) in [5, 5.41) is 2.97. The molecule has 138 valence electrons. The number of ether oxygens (including phenoxy) is 1. The molecule has 5 heteroatoms. The van der Waals surface area contributed by atoms with Gasteiger partial charge in [0.25, 0.3) is 0 Å². The molecule has 0 aromatic heterocycles. The Balaban J connectivity index is 1.41. The van der Waals surface area contributed by atoms with Crippen molar-refractivity contribution in [2.45, 2.75) is 13.3 Å². The number of carbonyl (C=O) groups excluding carboxylic acids is 1. The van der Waals surface area contributed by atoms with E-state index in [1.54, 1.807) is 0 Å². The van der Waals surface area contributed by atoms with Crippen molar-refractivity contribution in [1.29, 1.82) is 0 Å². The lowest BCUT2D eigenvalue weighted by molar-refractivity contribution is 0.148. The van der Waals surface area contributed by atoms with Gasteiger partial charge in [0.1, 0.15) is 5.75 Å². The summed E-state index contributed by atoms with van der Waals surface area (Å²) in [6.45, 7) is 7.00. The van der Waals surface area contributed by atoms with Crippen LogP contribution in [0.15, 0.2) is 54.6 Å². The molecule has 1 heterocycles. The summed E-state index contributed by atoms with van der Waals surface area (Å²) in [6, 6.07) is 18.0. The van der Waals surface area contributed by atoms with Crippen molar-refractivity contribution < 1.29 is 9.53 Å². The predicted octanol–water partition coefficient (Wildman–Crippen LogP) is 3.48. The van der Waals surface area contributed by atoms with Crippen LogP contribution in [0, 0.1) is 0 Å². The van der Waals surface area contributed by atoms with Crippen LogP contribution < -0.4 is 10.1 Å². The molecule has 0 radical (unpaired) electrons. The SMILES string of the molecule is CCOc1ccc(NC(=O)N2CCN(CCc3ccccc3)CC2)cc1. The zero-order valence-corrected chi connectivity index (χ0v) is 15.4. The molecule has 5 nitrogen and oxygen atoms in total. The Kier molecular flexibility index (Phi) is 6.50. The van der Waals surface area contributed by atoms with Gasteiger partial charge in [-0.1, -0.05) is 30.3 Å². The number of nitrogens with zero attached hydrogens (tertiary/aromatic N) is 2. The van der Waals surface area contributed by atoms with Gasteiger partial charge in [0.15, 0.2) is 0 Å². The van der Waals surface area contributed by atoms with Crippen LogP contribution in [0.25, 0.3) is 0 Å². The Morgan fingerprint density at radius 2 is 1.69 bits per heavy atom. The second kappa shape index (κ2) is 9.25. The van der Waals surface area contributed by atoms with Gasteiger partial charge in [-0.25, -0.2) is 4.79 Å². The van der Waals surface area contributed by atoms with E-state index in [2.05, 4.69) is 34.5 Å². The number of nitrogens with one attached hydrogen (secondary N) is 1. The number of piperazine rings is 1.